The molecule has 0 amide bonds. The van der Waals surface area contributed by atoms with Gasteiger partial charge >= 0.3 is 5.88 Å². The van der Waals surface area contributed by atoms with Gasteiger partial charge in [0.2, 0.25) is 0 Å². The molecular formula is C15H26N2O3. The van der Waals surface area contributed by atoms with Crippen molar-refractivity contribution >= 4 is 5.88 Å². The topological polar surface area (TPSA) is 68.3 Å². The quantitative estimate of drug-likeness (QED) is 0.350. The van der Waals surface area contributed by atoms with Crippen molar-refractivity contribution in [2.75, 3.05) is 6.54 Å². The lowest BCUT2D eigenvalue weighted by Crippen LogP contribution is -2.14. The average molecular weight is 282 g/mol. The number of rotatable bonds is 12. The number of hydrogen-bond acceptors (Lipinski definition) is 4. The Hall–Kier alpha value is -1.36. The van der Waals surface area contributed by atoms with E-state index in [0.29, 0.717) is 12.3 Å². The first-order valence-corrected chi connectivity index (χ1v) is 7.68. The lowest BCUT2D eigenvalue weighted by atomic mass is 10.1. The molecule has 5 nitrogen and oxygen atoms in total. The van der Waals surface area contributed by atoms with Crippen LogP contribution in [0.5, 0.6) is 0 Å². The molecule has 114 valence electrons. The highest BCUT2D eigenvalue weighted by atomic mass is 16.6. The molecular weight excluding hydrogens is 256 g/mol. The molecule has 1 aromatic heterocycles. The highest BCUT2D eigenvalue weighted by Gasteiger charge is 2.10. The fourth-order valence-electron chi connectivity index (χ4n) is 2.16. The molecule has 5 heteroatoms. The van der Waals surface area contributed by atoms with Gasteiger partial charge in [-0.3, -0.25) is 10.1 Å². The van der Waals surface area contributed by atoms with Gasteiger partial charge in [0.15, 0.2) is 0 Å². The summed E-state index contributed by atoms with van der Waals surface area (Å²) >= 11 is 0. The average Bonchev–Trinajstić information content (AvgIpc) is 2.90. The van der Waals surface area contributed by atoms with Crippen LogP contribution in [0.1, 0.15) is 64.1 Å². The lowest BCUT2D eigenvalue weighted by molar-refractivity contribution is -0.402. The maximum absolute atomic E-state index is 10.4. The van der Waals surface area contributed by atoms with E-state index >= 15 is 0 Å². The molecule has 1 aromatic rings. The first-order valence-electron chi connectivity index (χ1n) is 7.68. The first-order chi connectivity index (χ1) is 9.74. The van der Waals surface area contributed by atoms with E-state index in [-0.39, 0.29) is 5.88 Å². The zero-order valence-electron chi connectivity index (χ0n) is 12.4. The van der Waals surface area contributed by atoms with Crippen LogP contribution >= 0.6 is 0 Å². The van der Waals surface area contributed by atoms with Crippen molar-refractivity contribution in [3.8, 4) is 0 Å². The Balaban J connectivity index is 1.93. The minimum atomic E-state index is -0.512. The molecule has 0 aromatic carbocycles. The first kappa shape index (κ1) is 16.7. The number of nitrogens with one attached hydrogen (secondary N) is 1. The van der Waals surface area contributed by atoms with E-state index in [9.17, 15) is 10.1 Å². The smallest absolute Gasteiger partial charge is 0.404 e. The van der Waals surface area contributed by atoms with Gasteiger partial charge < -0.3 is 9.73 Å². The molecule has 0 aliphatic heterocycles. The van der Waals surface area contributed by atoms with Crippen LogP contribution in [0.15, 0.2) is 16.5 Å². The Morgan fingerprint density at radius 2 is 1.75 bits per heavy atom. The molecule has 0 saturated carbocycles. The Morgan fingerprint density at radius 3 is 2.35 bits per heavy atom. The van der Waals surface area contributed by atoms with Crippen LogP contribution in [0.25, 0.3) is 0 Å². The molecule has 0 radical (unpaired) electrons. The van der Waals surface area contributed by atoms with Crippen LogP contribution in [0.4, 0.5) is 5.88 Å². The molecule has 0 spiro atoms. The summed E-state index contributed by atoms with van der Waals surface area (Å²) in [6.45, 7) is 3.73. The zero-order chi connectivity index (χ0) is 14.6. The van der Waals surface area contributed by atoms with E-state index in [2.05, 4.69) is 12.2 Å². The minimum Gasteiger partial charge on any atom is -0.404 e. The Bertz CT molecular complexity index is 377. The van der Waals surface area contributed by atoms with Crippen LogP contribution in [0, 0.1) is 10.1 Å². The summed E-state index contributed by atoms with van der Waals surface area (Å²) < 4.78 is 5.07. The van der Waals surface area contributed by atoms with Gasteiger partial charge in [-0.2, -0.15) is 0 Å². The summed E-state index contributed by atoms with van der Waals surface area (Å²) in [7, 11) is 0. The third kappa shape index (κ3) is 7.28. The van der Waals surface area contributed by atoms with Gasteiger partial charge in [-0.15, -0.1) is 0 Å². The molecule has 0 bridgehead atoms. The minimum absolute atomic E-state index is 0.186. The number of hydrogen-bond donors (Lipinski definition) is 1. The third-order valence-electron chi connectivity index (χ3n) is 3.33. The van der Waals surface area contributed by atoms with Gasteiger partial charge in [-0.1, -0.05) is 51.9 Å². The van der Waals surface area contributed by atoms with Gasteiger partial charge in [0.05, 0.1) is 12.6 Å². The van der Waals surface area contributed by atoms with Crippen molar-refractivity contribution in [2.24, 2.45) is 0 Å². The fraction of sp³-hybridized carbons (Fsp3) is 0.733. The van der Waals surface area contributed by atoms with Crippen LogP contribution in [0.3, 0.4) is 0 Å². The van der Waals surface area contributed by atoms with E-state index in [1.54, 1.807) is 6.07 Å². The zero-order valence-corrected chi connectivity index (χ0v) is 12.4. The molecule has 0 aliphatic rings. The van der Waals surface area contributed by atoms with Gasteiger partial charge in [-0.25, -0.2) is 0 Å². The second-order valence-corrected chi connectivity index (χ2v) is 5.15. The van der Waals surface area contributed by atoms with Gasteiger partial charge in [-0.05, 0) is 19.0 Å². The van der Waals surface area contributed by atoms with E-state index < -0.39 is 4.92 Å². The van der Waals surface area contributed by atoms with Crippen molar-refractivity contribution in [3.63, 3.8) is 0 Å². The molecule has 0 unspecified atom stereocenters. The molecule has 0 atom stereocenters. The monoisotopic (exact) mass is 282 g/mol. The summed E-state index contributed by atoms with van der Waals surface area (Å²) in [5, 5.41) is 13.7. The summed E-state index contributed by atoms with van der Waals surface area (Å²) in [6.07, 6.45) is 10.4. The van der Waals surface area contributed by atoms with Crippen LogP contribution in [-0.4, -0.2) is 11.5 Å². The van der Waals surface area contributed by atoms with Crippen LogP contribution in [0.2, 0.25) is 0 Å². The van der Waals surface area contributed by atoms with Crippen molar-refractivity contribution in [1.82, 2.24) is 5.32 Å². The standard InChI is InChI=1S/C15H26N2O3/c1-2-3-4-5-6-7-8-9-12-16-13-14-10-11-15(20-14)17(18)19/h10-11,16H,2-9,12-13H2,1H3. The molecule has 0 aliphatic carbocycles. The maximum Gasteiger partial charge on any atom is 0.433 e. The summed E-state index contributed by atoms with van der Waals surface area (Å²) in [6, 6.07) is 3.05. The van der Waals surface area contributed by atoms with E-state index in [0.717, 1.165) is 13.0 Å². The second-order valence-electron chi connectivity index (χ2n) is 5.15. The second kappa shape index (κ2) is 10.4. The lowest BCUT2D eigenvalue weighted by Gasteiger charge is -2.03. The van der Waals surface area contributed by atoms with Gasteiger partial charge in [0.1, 0.15) is 10.7 Å². The largest absolute Gasteiger partial charge is 0.433 e. The molecule has 1 N–H and O–H groups in total. The van der Waals surface area contributed by atoms with Gasteiger partial charge in [0.25, 0.3) is 0 Å². The van der Waals surface area contributed by atoms with Crippen LogP contribution in [-0.2, 0) is 6.54 Å². The normalized spacial score (nSPS) is 10.8. The maximum atomic E-state index is 10.4. The molecule has 0 fully saturated rings. The number of nitrogens with zero attached hydrogens (tertiary/aromatic N) is 1. The van der Waals surface area contributed by atoms with Crippen molar-refractivity contribution in [2.45, 2.75) is 64.8 Å². The predicted molar refractivity (Wildman–Crippen MR) is 79.7 cm³/mol. The number of nitro groups is 1. The molecule has 1 rings (SSSR count). The number of furan rings is 1. The Kier molecular flexibility index (Phi) is 8.71. The highest BCUT2D eigenvalue weighted by Crippen LogP contribution is 2.15. The summed E-state index contributed by atoms with van der Waals surface area (Å²) in [5.74, 6) is 0.435. The van der Waals surface area contributed by atoms with Crippen molar-refractivity contribution in [3.05, 3.63) is 28.0 Å². The molecule has 20 heavy (non-hydrogen) atoms. The molecule has 0 saturated heterocycles. The summed E-state index contributed by atoms with van der Waals surface area (Å²) in [4.78, 5) is 9.94. The predicted octanol–water partition coefficient (Wildman–Crippen LogP) is 4.42. The SMILES string of the molecule is CCCCCCCCCCNCc1ccc([N+](=O)[O-])o1. The highest BCUT2D eigenvalue weighted by molar-refractivity contribution is 5.17. The van der Waals surface area contributed by atoms with Crippen LogP contribution < -0.4 is 5.32 Å². The molecule has 1 heterocycles. The van der Waals surface area contributed by atoms with E-state index in [4.69, 9.17) is 4.42 Å². The Labute approximate surface area is 120 Å². The van der Waals surface area contributed by atoms with Gasteiger partial charge in [0, 0.05) is 0 Å². The van der Waals surface area contributed by atoms with Crippen molar-refractivity contribution < 1.29 is 9.34 Å². The summed E-state index contributed by atoms with van der Waals surface area (Å²) in [5.41, 5.74) is 0. The van der Waals surface area contributed by atoms with E-state index in [1.165, 1.54) is 51.0 Å². The Morgan fingerprint density at radius 1 is 1.10 bits per heavy atom. The van der Waals surface area contributed by atoms with E-state index in [1.807, 2.05) is 0 Å². The van der Waals surface area contributed by atoms with Crippen molar-refractivity contribution in [1.29, 1.82) is 0 Å². The number of unbranched alkanes of at least 4 members (excludes halogenated alkanes) is 7. The fourth-order valence-corrected chi connectivity index (χ4v) is 2.16. The third-order valence-corrected chi connectivity index (χ3v) is 3.33.